The second kappa shape index (κ2) is 7.78. The van der Waals surface area contributed by atoms with Crippen LogP contribution in [0.4, 0.5) is 18.9 Å². The van der Waals surface area contributed by atoms with Crippen LogP contribution in [-0.4, -0.2) is 42.6 Å². The fourth-order valence-corrected chi connectivity index (χ4v) is 4.98. The van der Waals surface area contributed by atoms with Crippen LogP contribution in [0.1, 0.15) is 37.9 Å². The minimum Gasteiger partial charge on any atom is -0.357 e. The number of pyridine rings is 1. The van der Waals surface area contributed by atoms with Crippen LogP contribution in [0.15, 0.2) is 47.5 Å². The molecule has 0 amide bonds. The molecule has 2 aliphatic rings. The maximum atomic E-state index is 12.8. The normalized spacial score (nSPS) is 18.8. The largest absolute Gasteiger partial charge is 0.501 e. The lowest BCUT2D eigenvalue weighted by molar-refractivity contribution is -0.0436. The number of hydrogen-bond donors (Lipinski definition) is 0. The summed E-state index contributed by atoms with van der Waals surface area (Å²) in [6.45, 7) is 6.54. The number of benzene rings is 1. The predicted molar refractivity (Wildman–Crippen MR) is 112 cm³/mol. The average Bonchev–Trinajstić information content (AvgIpc) is 3.37. The van der Waals surface area contributed by atoms with Crippen molar-refractivity contribution in [2.24, 2.45) is 5.92 Å². The minimum atomic E-state index is -5.33. The Morgan fingerprint density at radius 2 is 1.81 bits per heavy atom. The fraction of sp³-hybridized carbons (Fsp3) is 0.500. The molecule has 0 radical (unpaired) electrons. The summed E-state index contributed by atoms with van der Waals surface area (Å²) in [7, 11) is -5.33. The Morgan fingerprint density at radius 3 is 2.39 bits per heavy atom. The summed E-state index contributed by atoms with van der Waals surface area (Å²) in [6, 6.07) is 9.19. The first-order valence-corrected chi connectivity index (χ1v) is 11.8. The molecule has 0 unspecified atom stereocenters. The van der Waals surface area contributed by atoms with E-state index in [-0.39, 0.29) is 5.54 Å². The van der Waals surface area contributed by atoms with E-state index in [4.69, 9.17) is 0 Å². The summed E-state index contributed by atoms with van der Waals surface area (Å²) in [5, 5.41) is 0. The molecule has 1 saturated carbocycles. The third kappa shape index (κ3) is 4.43. The zero-order valence-corrected chi connectivity index (χ0v) is 18.4. The van der Waals surface area contributed by atoms with Crippen LogP contribution in [0.2, 0.25) is 0 Å². The van der Waals surface area contributed by atoms with Crippen LogP contribution >= 0.6 is 0 Å². The van der Waals surface area contributed by atoms with E-state index >= 15 is 0 Å². The molecule has 2 heterocycles. The highest BCUT2D eigenvalue weighted by molar-refractivity contribution is 7.92. The van der Waals surface area contributed by atoms with Crippen molar-refractivity contribution in [2.45, 2.75) is 55.6 Å². The van der Waals surface area contributed by atoms with Crippen LogP contribution in [0.25, 0.3) is 0 Å². The molecular formula is C22H26F3N3O2S. The van der Waals surface area contributed by atoms with Gasteiger partial charge in [0, 0.05) is 36.2 Å². The molecule has 9 heteroatoms. The third-order valence-corrected chi connectivity index (χ3v) is 7.52. The smallest absolute Gasteiger partial charge is 0.357 e. The zero-order chi connectivity index (χ0) is 22.4. The summed E-state index contributed by atoms with van der Waals surface area (Å²) in [5.41, 5.74) is -2.21. The van der Waals surface area contributed by atoms with Gasteiger partial charge in [-0.2, -0.15) is 13.2 Å². The number of alkyl halides is 3. The highest BCUT2D eigenvalue weighted by Gasteiger charge is 2.53. The van der Waals surface area contributed by atoms with Gasteiger partial charge in [-0.1, -0.05) is 13.8 Å². The van der Waals surface area contributed by atoms with E-state index < -0.39 is 20.2 Å². The lowest BCUT2D eigenvalue weighted by atomic mass is 10.1. The molecule has 0 bridgehead atoms. The molecule has 1 aromatic heterocycles. The van der Waals surface area contributed by atoms with Gasteiger partial charge in [-0.25, -0.2) is 8.42 Å². The quantitative estimate of drug-likeness (QED) is 0.650. The van der Waals surface area contributed by atoms with E-state index in [1.54, 1.807) is 0 Å². The summed E-state index contributed by atoms with van der Waals surface area (Å²) >= 11 is 0. The van der Waals surface area contributed by atoms with Crippen LogP contribution in [0.5, 0.6) is 0 Å². The van der Waals surface area contributed by atoms with Gasteiger partial charge >= 0.3 is 5.51 Å². The Kier molecular flexibility index (Phi) is 5.54. The van der Waals surface area contributed by atoms with Gasteiger partial charge in [-0.3, -0.25) is 9.88 Å². The van der Waals surface area contributed by atoms with Crippen LogP contribution < -0.4 is 4.90 Å². The molecular weight excluding hydrogens is 427 g/mol. The van der Waals surface area contributed by atoms with Gasteiger partial charge in [0.25, 0.3) is 9.84 Å². The van der Waals surface area contributed by atoms with E-state index in [9.17, 15) is 21.6 Å². The highest BCUT2D eigenvalue weighted by Crippen LogP contribution is 2.48. The Labute approximate surface area is 180 Å². The minimum absolute atomic E-state index is 0.0815. The number of nitrogens with zero attached hydrogens (tertiary/aromatic N) is 3. The van der Waals surface area contributed by atoms with Gasteiger partial charge in [0.15, 0.2) is 0 Å². The molecule has 4 rings (SSSR count). The maximum Gasteiger partial charge on any atom is 0.501 e. The van der Waals surface area contributed by atoms with Gasteiger partial charge in [0.1, 0.15) is 0 Å². The van der Waals surface area contributed by atoms with E-state index in [1.165, 1.54) is 17.7 Å². The summed E-state index contributed by atoms with van der Waals surface area (Å²) in [5.74, 6) is 0.531. The Balaban J connectivity index is 1.49. The Morgan fingerprint density at radius 1 is 1.13 bits per heavy atom. The molecule has 1 aliphatic heterocycles. The molecule has 1 aliphatic carbocycles. The van der Waals surface area contributed by atoms with Crippen molar-refractivity contribution in [2.75, 3.05) is 18.1 Å². The van der Waals surface area contributed by atoms with Gasteiger partial charge in [0.2, 0.25) is 0 Å². The van der Waals surface area contributed by atoms with Crippen molar-refractivity contribution in [1.82, 2.24) is 9.88 Å². The molecule has 2 aromatic rings. The molecule has 168 valence electrons. The fourth-order valence-electron chi connectivity index (χ4n) is 4.22. The zero-order valence-electron chi connectivity index (χ0n) is 17.6. The summed E-state index contributed by atoms with van der Waals surface area (Å²) < 4.78 is 61.5. The van der Waals surface area contributed by atoms with Gasteiger partial charge in [0.05, 0.1) is 11.6 Å². The van der Waals surface area contributed by atoms with Crippen molar-refractivity contribution in [3.63, 3.8) is 0 Å². The van der Waals surface area contributed by atoms with Gasteiger partial charge in [-0.05, 0) is 67.1 Å². The van der Waals surface area contributed by atoms with E-state index in [1.807, 2.05) is 12.3 Å². The average molecular weight is 454 g/mol. The summed E-state index contributed by atoms with van der Waals surface area (Å²) in [6.07, 6.45) is 4.93. The molecule has 1 spiro atoms. The molecule has 5 nitrogen and oxygen atoms in total. The predicted octanol–water partition coefficient (Wildman–Crippen LogP) is 4.39. The standard InChI is InChI=1S/C22H26F3N3O2S/c1-16(2)11-18-12-17(7-10-26-18)13-28-15-27(14-21(28)8-9-21)19-3-5-20(6-4-19)31(29,30)22(23,24)25/h3-7,10,12,16H,8-9,11,13-15H2,1-2H3. The molecule has 1 aromatic carbocycles. The Bertz CT molecular complexity index is 1050. The van der Waals surface area contributed by atoms with Crippen molar-refractivity contribution < 1.29 is 21.6 Å². The lowest BCUT2D eigenvalue weighted by Crippen LogP contribution is -2.32. The first-order chi connectivity index (χ1) is 14.5. The molecule has 2 fully saturated rings. The summed E-state index contributed by atoms with van der Waals surface area (Å²) in [4.78, 5) is 8.24. The topological polar surface area (TPSA) is 53.5 Å². The number of aromatic nitrogens is 1. The first kappa shape index (κ1) is 22.1. The second-order valence-corrected chi connectivity index (χ2v) is 10.9. The van der Waals surface area contributed by atoms with Crippen molar-refractivity contribution in [3.05, 3.63) is 53.9 Å². The first-order valence-electron chi connectivity index (χ1n) is 10.4. The number of sulfone groups is 1. The number of anilines is 1. The van der Waals surface area contributed by atoms with E-state index in [0.29, 0.717) is 12.6 Å². The molecule has 0 atom stereocenters. The van der Waals surface area contributed by atoms with Crippen molar-refractivity contribution >= 4 is 15.5 Å². The lowest BCUT2D eigenvalue weighted by Gasteiger charge is -2.23. The SMILES string of the molecule is CC(C)Cc1cc(CN2CN(c3ccc(S(=O)(=O)C(F)(F)F)cc3)CC23CC3)ccn1. The number of halogens is 3. The van der Waals surface area contributed by atoms with Crippen molar-refractivity contribution in [1.29, 1.82) is 0 Å². The van der Waals surface area contributed by atoms with Gasteiger partial charge < -0.3 is 4.90 Å². The van der Waals surface area contributed by atoms with Crippen LogP contribution in [-0.2, 0) is 22.8 Å². The highest BCUT2D eigenvalue weighted by atomic mass is 32.2. The molecule has 1 saturated heterocycles. The van der Waals surface area contributed by atoms with Crippen LogP contribution in [0, 0.1) is 5.92 Å². The van der Waals surface area contributed by atoms with Gasteiger partial charge in [-0.15, -0.1) is 0 Å². The molecule has 0 N–H and O–H groups in total. The van der Waals surface area contributed by atoms with E-state index in [0.717, 1.165) is 55.9 Å². The van der Waals surface area contributed by atoms with Crippen molar-refractivity contribution in [3.8, 4) is 0 Å². The maximum absolute atomic E-state index is 12.8. The van der Waals surface area contributed by atoms with E-state index in [2.05, 4.69) is 34.7 Å². The number of rotatable bonds is 6. The third-order valence-electron chi connectivity index (χ3n) is 6.01. The monoisotopic (exact) mass is 453 g/mol. The number of hydrogen-bond acceptors (Lipinski definition) is 5. The molecule has 31 heavy (non-hydrogen) atoms. The van der Waals surface area contributed by atoms with Crippen LogP contribution in [0.3, 0.4) is 0 Å². The second-order valence-electron chi connectivity index (χ2n) is 8.96. The Hall–Kier alpha value is -2.13.